The lowest BCUT2D eigenvalue weighted by Crippen LogP contribution is -2.14. The van der Waals surface area contributed by atoms with Crippen molar-refractivity contribution in [3.8, 4) is 44.5 Å². The van der Waals surface area contributed by atoms with Gasteiger partial charge in [-0.2, -0.15) is 0 Å². The SMILES string of the molecule is CC1(C)c2ccccc2-c2c1ccc1c2sc2c(-c3ccc(N(c4ccc(-c5ccccc5)cc4)c4ccc(-c5ccccc5)cc4)cc3)cccc21. The van der Waals surface area contributed by atoms with Crippen LogP contribution in [0.15, 0.2) is 188 Å². The van der Waals surface area contributed by atoms with Gasteiger partial charge in [0.1, 0.15) is 0 Å². The second-order valence-electron chi connectivity index (χ2n) is 14.5. The van der Waals surface area contributed by atoms with E-state index in [1.807, 2.05) is 11.3 Å². The summed E-state index contributed by atoms with van der Waals surface area (Å²) in [6, 6.07) is 68.6. The largest absolute Gasteiger partial charge is 0.311 e. The van der Waals surface area contributed by atoms with Gasteiger partial charge in [-0.1, -0.05) is 166 Å². The van der Waals surface area contributed by atoms with Crippen LogP contribution in [-0.4, -0.2) is 0 Å². The second-order valence-corrected chi connectivity index (χ2v) is 15.5. The van der Waals surface area contributed by atoms with Crippen molar-refractivity contribution < 1.29 is 0 Å². The van der Waals surface area contributed by atoms with Crippen molar-refractivity contribution in [1.82, 2.24) is 0 Å². The van der Waals surface area contributed by atoms with Crippen LogP contribution in [0.5, 0.6) is 0 Å². The first kappa shape index (κ1) is 31.5. The highest BCUT2D eigenvalue weighted by molar-refractivity contribution is 7.27. The molecule has 1 nitrogen and oxygen atoms in total. The van der Waals surface area contributed by atoms with Crippen LogP contribution in [0.2, 0.25) is 0 Å². The minimum absolute atomic E-state index is 0.00936. The summed E-state index contributed by atoms with van der Waals surface area (Å²) in [5.74, 6) is 0. The summed E-state index contributed by atoms with van der Waals surface area (Å²) in [5.41, 5.74) is 16.3. The molecular weight excluding hydrogens is 659 g/mol. The first-order valence-corrected chi connectivity index (χ1v) is 19.2. The number of nitrogens with zero attached hydrogens (tertiary/aromatic N) is 1. The predicted octanol–water partition coefficient (Wildman–Crippen LogP) is 14.8. The molecule has 0 aliphatic heterocycles. The zero-order valence-corrected chi connectivity index (χ0v) is 30.6. The van der Waals surface area contributed by atoms with Gasteiger partial charge in [-0.25, -0.2) is 0 Å². The van der Waals surface area contributed by atoms with E-state index in [9.17, 15) is 0 Å². The van der Waals surface area contributed by atoms with Gasteiger partial charge in [0.25, 0.3) is 0 Å². The lowest BCUT2D eigenvalue weighted by molar-refractivity contribution is 0.661. The molecule has 0 radical (unpaired) electrons. The predicted molar refractivity (Wildman–Crippen MR) is 228 cm³/mol. The van der Waals surface area contributed by atoms with E-state index < -0.39 is 0 Å². The quantitative estimate of drug-likeness (QED) is 0.167. The summed E-state index contributed by atoms with van der Waals surface area (Å²) in [5, 5.41) is 2.67. The molecule has 0 saturated heterocycles. The molecule has 2 heteroatoms. The molecule has 10 rings (SSSR count). The molecule has 0 atom stereocenters. The van der Waals surface area contributed by atoms with Gasteiger partial charge in [-0.3, -0.25) is 0 Å². The van der Waals surface area contributed by atoms with Gasteiger partial charge in [-0.05, 0) is 86.5 Å². The fourth-order valence-electron chi connectivity index (χ4n) is 8.37. The van der Waals surface area contributed by atoms with E-state index in [4.69, 9.17) is 0 Å². The van der Waals surface area contributed by atoms with E-state index in [1.54, 1.807) is 0 Å². The van der Waals surface area contributed by atoms with E-state index in [0.29, 0.717) is 0 Å². The molecule has 1 heterocycles. The van der Waals surface area contributed by atoms with Crippen LogP contribution in [0.25, 0.3) is 64.7 Å². The Balaban J connectivity index is 1.06. The molecular formula is C51H37NS. The standard InChI is InChI=1S/C51H37NS/c1-51(2)46-19-10-9-16-45(46)48-47(51)33-32-44-43-18-11-17-42(49(43)53-50(44)48)38-24-30-41(31-25-38)52(39-26-20-36(21-27-39)34-12-5-3-6-13-34)40-28-22-37(23-29-40)35-14-7-4-8-15-35/h3-33H,1-2H3. The van der Waals surface area contributed by atoms with E-state index in [-0.39, 0.29) is 5.41 Å². The van der Waals surface area contributed by atoms with Crippen LogP contribution in [0.3, 0.4) is 0 Å². The molecule has 0 saturated carbocycles. The normalized spacial score (nSPS) is 12.9. The molecule has 0 amide bonds. The first-order chi connectivity index (χ1) is 26.0. The first-order valence-electron chi connectivity index (χ1n) is 18.3. The Hall–Kier alpha value is -6.22. The molecule has 8 aromatic carbocycles. The van der Waals surface area contributed by atoms with Crippen LogP contribution >= 0.6 is 11.3 Å². The highest BCUT2D eigenvalue weighted by Gasteiger charge is 2.36. The Morgan fingerprint density at radius 3 is 1.42 bits per heavy atom. The number of benzene rings is 8. The van der Waals surface area contributed by atoms with Crippen molar-refractivity contribution in [2.75, 3.05) is 4.90 Å². The zero-order chi connectivity index (χ0) is 35.5. The number of hydrogen-bond acceptors (Lipinski definition) is 2. The third-order valence-corrected chi connectivity index (χ3v) is 12.4. The van der Waals surface area contributed by atoms with Crippen molar-refractivity contribution in [3.05, 3.63) is 199 Å². The molecule has 53 heavy (non-hydrogen) atoms. The zero-order valence-electron chi connectivity index (χ0n) is 29.8. The number of hydrogen-bond donors (Lipinski definition) is 0. The van der Waals surface area contributed by atoms with E-state index >= 15 is 0 Å². The van der Waals surface area contributed by atoms with Crippen molar-refractivity contribution in [2.45, 2.75) is 19.3 Å². The van der Waals surface area contributed by atoms with Crippen LogP contribution in [0.4, 0.5) is 17.1 Å². The van der Waals surface area contributed by atoms with Crippen molar-refractivity contribution >= 4 is 48.6 Å². The summed E-state index contributed by atoms with van der Waals surface area (Å²) in [7, 11) is 0. The van der Waals surface area contributed by atoms with E-state index in [0.717, 1.165) is 17.1 Å². The Morgan fingerprint density at radius 1 is 0.358 bits per heavy atom. The van der Waals surface area contributed by atoms with Gasteiger partial charge in [0, 0.05) is 48.2 Å². The maximum atomic E-state index is 2.37. The topological polar surface area (TPSA) is 3.24 Å². The summed E-state index contributed by atoms with van der Waals surface area (Å²) >= 11 is 1.95. The maximum Gasteiger partial charge on any atom is 0.0462 e. The fraction of sp³-hybridized carbons (Fsp3) is 0.0588. The van der Waals surface area contributed by atoms with Gasteiger partial charge in [-0.15, -0.1) is 11.3 Å². The summed E-state index contributed by atoms with van der Waals surface area (Å²) in [6.45, 7) is 4.73. The van der Waals surface area contributed by atoms with Crippen molar-refractivity contribution in [2.24, 2.45) is 0 Å². The summed E-state index contributed by atoms with van der Waals surface area (Å²) < 4.78 is 2.74. The molecule has 0 bridgehead atoms. The lowest BCUT2D eigenvalue weighted by Gasteiger charge is -2.26. The van der Waals surface area contributed by atoms with Gasteiger partial charge < -0.3 is 4.90 Å². The third kappa shape index (κ3) is 5.21. The van der Waals surface area contributed by atoms with Gasteiger partial charge in [0.2, 0.25) is 0 Å². The number of thiophene rings is 1. The van der Waals surface area contributed by atoms with Gasteiger partial charge in [0.05, 0.1) is 0 Å². The molecule has 0 fully saturated rings. The number of rotatable bonds is 6. The molecule has 252 valence electrons. The monoisotopic (exact) mass is 695 g/mol. The highest BCUT2D eigenvalue weighted by atomic mass is 32.1. The molecule has 9 aromatic rings. The fourth-order valence-corrected chi connectivity index (χ4v) is 9.77. The summed E-state index contributed by atoms with van der Waals surface area (Å²) in [4.78, 5) is 2.36. The molecule has 1 aromatic heterocycles. The Bertz CT molecular complexity index is 2670. The minimum Gasteiger partial charge on any atom is -0.311 e. The van der Waals surface area contributed by atoms with Crippen LogP contribution in [0, 0.1) is 0 Å². The van der Waals surface area contributed by atoms with E-state index in [2.05, 4.69) is 207 Å². The van der Waals surface area contributed by atoms with E-state index in [1.165, 1.54) is 75.8 Å². The Labute approximate surface area is 315 Å². The smallest absolute Gasteiger partial charge is 0.0462 e. The second kappa shape index (κ2) is 12.5. The molecule has 1 aliphatic rings. The number of fused-ring (bicyclic) bond motifs is 7. The van der Waals surface area contributed by atoms with Crippen LogP contribution in [0.1, 0.15) is 25.0 Å². The minimum atomic E-state index is -0.00936. The molecule has 0 spiro atoms. The highest BCUT2D eigenvalue weighted by Crippen LogP contribution is 2.54. The van der Waals surface area contributed by atoms with Crippen LogP contribution < -0.4 is 4.90 Å². The molecule has 0 unspecified atom stereocenters. The number of anilines is 3. The van der Waals surface area contributed by atoms with Gasteiger partial charge in [0.15, 0.2) is 0 Å². The lowest BCUT2D eigenvalue weighted by atomic mass is 9.82. The average Bonchev–Trinajstić information content (AvgIpc) is 3.72. The van der Waals surface area contributed by atoms with Crippen molar-refractivity contribution in [3.63, 3.8) is 0 Å². The summed E-state index contributed by atoms with van der Waals surface area (Å²) in [6.07, 6.45) is 0. The van der Waals surface area contributed by atoms with Gasteiger partial charge >= 0.3 is 0 Å². The molecule has 0 N–H and O–H groups in total. The molecule has 1 aliphatic carbocycles. The Kier molecular flexibility index (Phi) is 7.42. The van der Waals surface area contributed by atoms with Crippen molar-refractivity contribution in [1.29, 1.82) is 0 Å². The third-order valence-electron chi connectivity index (χ3n) is 11.1. The van der Waals surface area contributed by atoms with Crippen LogP contribution in [-0.2, 0) is 5.41 Å². The average molecular weight is 696 g/mol. The Morgan fingerprint density at radius 2 is 0.830 bits per heavy atom. The maximum absolute atomic E-state index is 2.37.